The highest BCUT2D eigenvalue weighted by molar-refractivity contribution is 14.1. The van der Waals surface area contributed by atoms with E-state index in [-0.39, 0.29) is 29.8 Å². The molecule has 2 aliphatic heterocycles. The molecule has 0 saturated carbocycles. The summed E-state index contributed by atoms with van der Waals surface area (Å²) >= 11 is 2.46. The smallest absolute Gasteiger partial charge is 0.400 e. The van der Waals surface area contributed by atoms with Crippen molar-refractivity contribution in [3.8, 4) is 0 Å². The van der Waals surface area contributed by atoms with E-state index in [4.69, 9.17) is 9.31 Å². The molecule has 0 aromatic carbocycles. The van der Waals surface area contributed by atoms with E-state index in [1.807, 2.05) is 0 Å². The highest BCUT2D eigenvalue weighted by Gasteiger charge is 2.53. The van der Waals surface area contributed by atoms with Gasteiger partial charge < -0.3 is 9.31 Å². The summed E-state index contributed by atoms with van der Waals surface area (Å²) in [5.74, 6) is 0.561. The maximum atomic E-state index is 11.6. The van der Waals surface area contributed by atoms with Gasteiger partial charge in [0.05, 0.1) is 22.7 Å². The van der Waals surface area contributed by atoms with Crippen molar-refractivity contribution in [1.82, 2.24) is 4.90 Å². The highest BCUT2D eigenvalue weighted by atomic mass is 127. The first-order valence-electron chi connectivity index (χ1n) is 8.81. The van der Waals surface area contributed by atoms with Crippen LogP contribution in [0.3, 0.4) is 0 Å². The van der Waals surface area contributed by atoms with Crippen LogP contribution in [0.25, 0.3) is 0 Å². The van der Waals surface area contributed by atoms with Gasteiger partial charge in [-0.25, -0.2) is 8.42 Å². The lowest BCUT2D eigenvalue weighted by Gasteiger charge is -2.32. The number of hydrogen-bond donors (Lipinski definition) is 0. The summed E-state index contributed by atoms with van der Waals surface area (Å²) in [6.07, 6.45) is 5.26. The van der Waals surface area contributed by atoms with Crippen molar-refractivity contribution in [3.05, 3.63) is 23.2 Å². The fraction of sp³-hybridized carbons (Fsp3) is 0.765. The van der Waals surface area contributed by atoms with Crippen LogP contribution < -0.4 is 0 Å². The van der Waals surface area contributed by atoms with Gasteiger partial charge in [-0.2, -0.15) is 0 Å². The molecule has 0 bridgehead atoms. The van der Waals surface area contributed by atoms with Crippen molar-refractivity contribution in [3.63, 3.8) is 0 Å². The van der Waals surface area contributed by atoms with Crippen LogP contribution in [0.2, 0.25) is 0 Å². The van der Waals surface area contributed by atoms with Crippen molar-refractivity contribution in [1.29, 1.82) is 0 Å². The van der Waals surface area contributed by atoms with Crippen LogP contribution in [0.1, 0.15) is 34.1 Å². The zero-order valence-electron chi connectivity index (χ0n) is 15.4. The molecule has 8 heteroatoms. The van der Waals surface area contributed by atoms with Gasteiger partial charge in [-0.3, -0.25) is 4.90 Å². The van der Waals surface area contributed by atoms with Gasteiger partial charge in [0.1, 0.15) is 0 Å². The number of allylic oxidation sites excluding steroid dienone is 3. The van der Waals surface area contributed by atoms with Crippen LogP contribution >= 0.6 is 22.6 Å². The topological polar surface area (TPSA) is 55.8 Å². The molecule has 2 fully saturated rings. The molecule has 0 radical (unpaired) electrons. The largest absolute Gasteiger partial charge is 0.491 e. The quantitative estimate of drug-likeness (QED) is 0.354. The van der Waals surface area contributed by atoms with Crippen molar-refractivity contribution in [2.75, 3.05) is 31.1 Å². The molecule has 0 amide bonds. The number of alkyl halides is 1. The molecule has 0 aromatic heterocycles. The molecular weight excluding hydrogens is 452 g/mol. The molecule has 2 saturated heterocycles. The molecule has 2 heterocycles. The van der Waals surface area contributed by atoms with E-state index in [0.717, 1.165) is 13.0 Å². The van der Waals surface area contributed by atoms with Crippen LogP contribution in [0.4, 0.5) is 0 Å². The Labute approximate surface area is 165 Å². The third-order valence-electron chi connectivity index (χ3n) is 5.70. The van der Waals surface area contributed by atoms with Crippen molar-refractivity contribution < 1.29 is 17.7 Å². The van der Waals surface area contributed by atoms with E-state index < -0.39 is 9.84 Å². The first-order valence-corrected chi connectivity index (χ1v) is 11.9. The van der Waals surface area contributed by atoms with Crippen LogP contribution in [0.15, 0.2) is 23.2 Å². The Morgan fingerprint density at radius 3 is 2.24 bits per heavy atom. The number of halogens is 1. The van der Waals surface area contributed by atoms with Gasteiger partial charge in [-0.05, 0) is 39.6 Å². The van der Waals surface area contributed by atoms with E-state index in [2.05, 4.69) is 67.3 Å². The van der Waals surface area contributed by atoms with Crippen LogP contribution in [-0.4, -0.2) is 66.7 Å². The number of hydrogen-bond acceptors (Lipinski definition) is 5. The molecule has 0 N–H and O–H groups in total. The summed E-state index contributed by atoms with van der Waals surface area (Å²) in [4.78, 5) is 2.24. The monoisotopic (exact) mass is 479 g/mol. The summed E-state index contributed by atoms with van der Waals surface area (Å²) in [6.45, 7) is 10.4. The van der Waals surface area contributed by atoms with E-state index in [0.29, 0.717) is 17.0 Å². The average molecular weight is 479 g/mol. The Hall–Kier alpha value is 0.105. The molecule has 0 unspecified atom stereocenters. The maximum Gasteiger partial charge on any atom is 0.491 e. The minimum atomic E-state index is -2.82. The van der Waals surface area contributed by atoms with Crippen LogP contribution in [0, 0.1) is 0 Å². The van der Waals surface area contributed by atoms with E-state index in [9.17, 15) is 8.42 Å². The molecule has 3 aliphatic rings. The lowest BCUT2D eigenvalue weighted by atomic mass is 9.73. The summed E-state index contributed by atoms with van der Waals surface area (Å²) in [6, 6.07) is 0. The molecule has 0 aromatic rings. The standard InChI is InChI=1S/C17H27BINO4S/c1-16(2)17(3,4)24-18(23-16)14-6-5-13(11-15(14)19)12-20-7-9-25(21,22)10-8-20/h5-6,15H,7-12H2,1-4H3/t15-/m1/s1. The van der Waals surface area contributed by atoms with E-state index in [1.54, 1.807) is 0 Å². The third-order valence-corrected chi connectivity index (χ3v) is 8.47. The third kappa shape index (κ3) is 4.34. The molecule has 25 heavy (non-hydrogen) atoms. The van der Waals surface area contributed by atoms with Crippen molar-refractivity contribution in [2.45, 2.75) is 49.2 Å². The Morgan fingerprint density at radius 2 is 1.72 bits per heavy atom. The van der Waals surface area contributed by atoms with Crippen LogP contribution in [0.5, 0.6) is 0 Å². The lowest BCUT2D eigenvalue weighted by molar-refractivity contribution is 0.00578. The molecule has 5 nitrogen and oxygen atoms in total. The Balaban J connectivity index is 1.65. The van der Waals surface area contributed by atoms with Gasteiger partial charge in [-0.1, -0.05) is 40.3 Å². The van der Waals surface area contributed by atoms with Crippen molar-refractivity contribution in [2.24, 2.45) is 0 Å². The molecule has 1 aliphatic carbocycles. The minimum absolute atomic E-state index is 0.281. The van der Waals surface area contributed by atoms with Gasteiger partial charge in [0.15, 0.2) is 9.84 Å². The fourth-order valence-corrected chi connectivity index (χ4v) is 5.60. The molecule has 140 valence electrons. The summed E-state index contributed by atoms with van der Waals surface area (Å²) in [5.41, 5.74) is 1.89. The second kappa shape index (κ2) is 6.93. The first kappa shape index (κ1) is 19.9. The van der Waals surface area contributed by atoms with Crippen LogP contribution in [-0.2, 0) is 19.1 Å². The molecule has 3 rings (SSSR count). The zero-order valence-corrected chi connectivity index (χ0v) is 18.4. The Kier molecular flexibility index (Phi) is 5.50. The van der Waals surface area contributed by atoms with Gasteiger partial charge in [-0.15, -0.1) is 0 Å². The number of sulfone groups is 1. The van der Waals surface area contributed by atoms with E-state index in [1.165, 1.54) is 11.0 Å². The molecular formula is C17H27BINO4S. The number of nitrogens with zero attached hydrogens (tertiary/aromatic N) is 1. The summed E-state index contributed by atoms with van der Waals surface area (Å²) < 4.78 is 35.8. The molecule has 1 atom stereocenters. The summed E-state index contributed by atoms with van der Waals surface area (Å²) in [5, 5.41) is 0. The first-order chi connectivity index (χ1) is 11.5. The second-order valence-corrected chi connectivity index (χ2v) is 12.0. The lowest BCUT2D eigenvalue weighted by Crippen LogP contribution is -2.41. The highest BCUT2D eigenvalue weighted by Crippen LogP contribution is 2.41. The van der Waals surface area contributed by atoms with Gasteiger partial charge in [0, 0.05) is 23.6 Å². The van der Waals surface area contributed by atoms with Gasteiger partial charge >= 0.3 is 7.12 Å². The van der Waals surface area contributed by atoms with E-state index >= 15 is 0 Å². The normalized spacial score (nSPS) is 31.6. The Morgan fingerprint density at radius 1 is 1.16 bits per heavy atom. The zero-order chi connectivity index (χ0) is 18.5. The van der Waals surface area contributed by atoms with Gasteiger partial charge in [0.2, 0.25) is 0 Å². The van der Waals surface area contributed by atoms with Gasteiger partial charge in [0.25, 0.3) is 0 Å². The van der Waals surface area contributed by atoms with Crippen molar-refractivity contribution >= 4 is 39.5 Å². The predicted molar refractivity (Wildman–Crippen MR) is 110 cm³/mol. The predicted octanol–water partition coefficient (Wildman–Crippen LogP) is 2.41. The SMILES string of the molecule is CC1(C)OB(C2=CC=C(CN3CCS(=O)(=O)CC3)C[C@H]2I)OC1(C)C. The average Bonchev–Trinajstić information content (AvgIpc) is 2.69. The maximum absolute atomic E-state index is 11.6. The Bertz CT molecular complexity index is 671. The fourth-order valence-electron chi connectivity index (χ4n) is 3.25. The molecule has 0 spiro atoms. The minimum Gasteiger partial charge on any atom is -0.400 e. The number of rotatable bonds is 3. The second-order valence-electron chi connectivity index (χ2n) is 8.18. The summed E-state index contributed by atoms with van der Waals surface area (Å²) in [7, 11) is -3.10.